The summed E-state index contributed by atoms with van der Waals surface area (Å²) in [5, 5.41) is 0. The highest BCUT2D eigenvalue weighted by Gasteiger charge is 2.28. The Labute approximate surface area is 133 Å². The maximum atomic E-state index is 12.2. The SMILES string of the molecule is CC(C)(C)S(=O)NCc1ccc(Br)c(OCC(F)(F)F)c1. The van der Waals surface area contributed by atoms with Gasteiger partial charge < -0.3 is 4.74 Å². The van der Waals surface area contributed by atoms with Gasteiger partial charge in [-0.15, -0.1) is 0 Å². The predicted octanol–water partition coefficient (Wildman–Crippen LogP) is 3.94. The van der Waals surface area contributed by atoms with Crippen molar-refractivity contribution in [1.29, 1.82) is 0 Å². The Kier molecular flexibility index (Phi) is 6.24. The highest BCUT2D eigenvalue weighted by atomic mass is 79.9. The quantitative estimate of drug-likeness (QED) is 0.830. The van der Waals surface area contributed by atoms with Gasteiger partial charge in [0.2, 0.25) is 0 Å². The molecule has 0 aromatic heterocycles. The van der Waals surface area contributed by atoms with E-state index in [1.165, 1.54) is 6.07 Å². The standard InChI is InChI=1S/C13H17BrF3NO2S/c1-12(2,3)21(19)18-7-9-4-5-10(14)11(6-9)20-8-13(15,16)17/h4-6,18H,7-8H2,1-3H3. The van der Waals surface area contributed by atoms with Crippen LogP contribution in [0.25, 0.3) is 0 Å². The van der Waals surface area contributed by atoms with Crippen molar-refractivity contribution in [3.05, 3.63) is 28.2 Å². The first-order chi connectivity index (χ1) is 9.49. The number of hydrogen-bond acceptors (Lipinski definition) is 2. The van der Waals surface area contributed by atoms with Crippen LogP contribution in [0.1, 0.15) is 26.3 Å². The maximum absolute atomic E-state index is 12.2. The lowest BCUT2D eigenvalue weighted by Crippen LogP contribution is -2.32. The van der Waals surface area contributed by atoms with Gasteiger partial charge in [-0.2, -0.15) is 13.2 Å². The van der Waals surface area contributed by atoms with E-state index in [4.69, 9.17) is 4.74 Å². The average molecular weight is 388 g/mol. The molecule has 3 nitrogen and oxygen atoms in total. The van der Waals surface area contributed by atoms with Gasteiger partial charge in [0.15, 0.2) is 6.61 Å². The molecule has 0 bridgehead atoms. The monoisotopic (exact) mass is 387 g/mol. The number of nitrogens with one attached hydrogen (secondary N) is 1. The van der Waals surface area contributed by atoms with Crippen molar-refractivity contribution in [1.82, 2.24) is 4.72 Å². The molecule has 0 aliphatic rings. The summed E-state index contributed by atoms with van der Waals surface area (Å²) in [6.07, 6.45) is -4.39. The van der Waals surface area contributed by atoms with Gasteiger partial charge in [-0.25, -0.2) is 8.93 Å². The molecule has 0 spiro atoms. The van der Waals surface area contributed by atoms with Crippen LogP contribution in [0.3, 0.4) is 0 Å². The molecule has 120 valence electrons. The molecule has 0 fully saturated rings. The number of benzene rings is 1. The zero-order valence-corrected chi connectivity index (χ0v) is 14.3. The van der Waals surface area contributed by atoms with Crippen molar-refractivity contribution in [3.63, 3.8) is 0 Å². The fourth-order valence-corrected chi connectivity index (χ4v) is 2.39. The second-order valence-corrected chi connectivity index (χ2v) is 8.28. The van der Waals surface area contributed by atoms with E-state index in [1.807, 2.05) is 20.8 Å². The highest BCUT2D eigenvalue weighted by Crippen LogP contribution is 2.28. The molecule has 1 aromatic carbocycles. The van der Waals surface area contributed by atoms with Crippen LogP contribution < -0.4 is 9.46 Å². The Morgan fingerprint density at radius 2 is 1.90 bits per heavy atom. The van der Waals surface area contributed by atoms with Crippen LogP contribution in [0, 0.1) is 0 Å². The summed E-state index contributed by atoms with van der Waals surface area (Å²) >= 11 is 3.14. The van der Waals surface area contributed by atoms with Gasteiger partial charge in [-0.05, 0) is 54.4 Å². The molecule has 1 rings (SSSR count). The Hall–Kier alpha value is -0.600. The smallest absolute Gasteiger partial charge is 0.422 e. The Bertz CT molecular complexity index is 515. The van der Waals surface area contributed by atoms with Crippen LogP contribution in [0.2, 0.25) is 0 Å². The van der Waals surface area contributed by atoms with E-state index in [9.17, 15) is 17.4 Å². The summed E-state index contributed by atoms with van der Waals surface area (Å²) in [7, 11) is -1.25. The zero-order chi connectivity index (χ0) is 16.3. The Balaban J connectivity index is 2.71. The second kappa shape index (κ2) is 7.11. The summed E-state index contributed by atoms with van der Waals surface area (Å²) in [5.74, 6) is 0.105. The van der Waals surface area contributed by atoms with Crippen molar-refractivity contribution >= 4 is 26.9 Å². The van der Waals surface area contributed by atoms with E-state index in [2.05, 4.69) is 20.7 Å². The van der Waals surface area contributed by atoms with Crippen molar-refractivity contribution < 1.29 is 22.1 Å². The van der Waals surface area contributed by atoms with Crippen molar-refractivity contribution in [2.24, 2.45) is 0 Å². The van der Waals surface area contributed by atoms with Gasteiger partial charge in [-0.3, -0.25) is 0 Å². The van der Waals surface area contributed by atoms with E-state index in [0.29, 0.717) is 10.0 Å². The lowest BCUT2D eigenvalue weighted by atomic mass is 10.2. The maximum Gasteiger partial charge on any atom is 0.422 e. The Morgan fingerprint density at radius 3 is 2.43 bits per heavy atom. The average Bonchev–Trinajstić information content (AvgIpc) is 2.33. The fraction of sp³-hybridized carbons (Fsp3) is 0.538. The van der Waals surface area contributed by atoms with Gasteiger partial charge in [0.05, 0.1) is 20.2 Å². The van der Waals surface area contributed by atoms with Gasteiger partial charge in [0.25, 0.3) is 0 Å². The third kappa shape index (κ3) is 6.80. The van der Waals surface area contributed by atoms with E-state index >= 15 is 0 Å². The van der Waals surface area contributed by atoms with E-state index in [1.54, 1.807) is 12.1 Å². The molecular weight excluding hydrogens is 371 g/mol. The van der Waals surface area contributed by atoms with E-state index < -0.39 is 28.5 Å². The first-order valence-electron chi connectivity index (χ1n) is 6.12. The Morgan fingerprint density at radius 1 is 1.29 bits per heavy atom. The van der Waals surface area contributed by atoms with Crippen LogP contribution in [0.4, 0.5) is 13.2 Å². The minimum absolute atomic E-state index is 0.105. The minimum Gasteiger partial charge on any atom is -0.483 e. The molecule has 0 aliphatic heterocycles. The first kappa shape index (κ1) is 18.4. The number of halogens is 4. The van der Waals surface area contributed by atoms with Gasteiger partial charge in [-0.1, -0.05) is 6.07 Å². The molecule has 0 saturated carbocycles. The zero-order valence-electron chi connectivity index (χ0n) is 11.9. The molecule has 1 aromatic rings. The van der Waals surface area contributed by atoms with Crippen LogP contribution in [0.15, 0.2) is 22.7 Å². The van der Waals surface area contributed by atoms with Crippen molar-refractivity contribution in [2.45, 2.75) is 38.2 Å². The summed E-state index contributed by atoms with van der Waals surface area (Å²) in [6, 6.07) is 4.81. The lowest BCUT2D eigenvalue weighted by Gasteiger charge is -2.18. The van der Waals surface area contributed by atoms with Crippen LogP contribution in [-0.2, 0) is 17.5 Å². The molecule has 0 aliphatic carbocycles. The van der Waals surface area contributed by atoms with Gasteiger partial charge in [0, 0.05) is 6.54 Å². The topological polar surface area (TPSA) is 38.3 Å². The van der Waals surface area contributed by atoms with E-state index in [-0.39, 0.29) is 12.3 Å². The largest absolute Gasteiger partial charge is 0.483 e. The van der Waals surface area contributed by atoms with E-state index in [0.717, 1.165) is 0 Å². The molecule has 0 heterocycles. The normalized spacial score (nSPS) is 14.0. The summed E-state index contributed by atoms with van der Waals surface area (Å²) < 4.78 is 56.0. The number of hydrogen-bond donors (Lipinski definition) is 1. The lowest BCUT2D eigenvalue weighted by molar-refractivity contribution is -0.153. The molecule has 1 N–H and O–H groups in total. The van der Waals surface area contributed by atoms with Gasteiger partial charge in [0.1, 0.15) is 5.75 Å². The number of alkyl halides is 3. The summed E-state index contributed by atoms with van der Waals surface area (Å²) in [4.78, 5) is 0. The second-order valence-electron chi connectivity index (χ2n) is 5.37. The van der Waals surface area contributed by atoms with Crippen molar-refractivity contribution in [2.75, 3.05) is 6.61 Å². The molecule has 0 saturated heterocycles. The first-order valence-corrected chi connectivity index (χ1v) is 8.07. The molecule has 0 amide bonds. The predicted molar refractivity (Wildman–Crippen MR) is 80.4 cm³/mol. The molecule has 8 heteroatoms. The summed E-state index contributed by atoms with van der Waals surface area (Å²) in [6.45, 7) is 4.41. The minimum atomic E-state index is -4.39. The van der Waals surface area contributed by atoms with Crippen LogP contribution in [0.5, 0.6) is 5.75 Å². The molecular formula is C13H17BrF3NO2S. The summed E-state index contributed by atoms with van der Waals surface area (Å²) in [5.41, 5.74) is 0.688. The van der Waals surface area contributed by atoms with Gasteiger partial charge >= 0.3 is 6.18 Å². The molecule has 21 heavy (non-hydrogen) atoms. The fourth-order valence-electron chi connectivity index (χ4n) is 1.29. The van der Waals surface area contributed by atoms with Crippen LogP contribution in [-0.4, -0.2) is 21.7 Å². The molecule has 1 unspecified atom stereocenters. The third-order valence-corrected chi connectivity index (χ3v) is 4.52. The number of ether oxygens (including phenoxy) is 1. The van der Waals surface area contributed by atoms with Crippen LogP contribution >= 0.6 is 15.9 Å². The molecule has 0 radical (unpaired) electrons. The number of rotatable bonds is 5. The third-order valence-electron chi connectivity index (χ3n) is 2.35. The van der Waals surface area contributed by atoms with Crippen molar-refractivity contribution in [3.8, 4) is 5.75 Å². The highest BCUT2D eigenvalue weighted by molar-refractivity contribution is 9.10. The molecule has 1 atom stereocenters.